The van der Waals surface area contributed by atoms with E-state index in [1.165, 1.54) is 12.1 Å². The predicted octanol–water partition coefficient (Wildman–Crippen LogP) is 0.455. The molecule has 18 heavy (non-hydrogen) atoms. The van der Waals surface area contributed by atoms with Gasteiger partial charge in [0.05, 0.1) is 10.6 Å². The molecule has 102 valence electrons. The Bertz CT molecular complexity index is 546. The molecule has 1 atom stereocenters. The molecule has 1 unspecified atom stereocenters. The molecule has 0 saturated heterocycles. The van der Waals surface area contributed by atoms with Gasteiger partial charge in [-0.15, -0.1) is 0 Å². The number of halogens is 1. The largest absolute Gasteiger partial charge is 0.396 e. The van der Waals surface area contributed by atoms with Gasteiger partial charge in [0.15, 0.2) is 0 Å². The lowest BCUT2D eigenvalue weighted by atomic mass is 10.3. The first-order chi connectivity index (χ1) is 8.36. The molecular weight excluding hydrogens is 279 g/mol. The zero-order valence-electron chi connectivity index (χ0n) is 9.85. The summed E-state index contributed by atoms with van der Waals surface area (Å²) in [6.07, 6.45) is 0. The second-order valence-corrected chi connectivity index (χ2v) is 7.15. The lowest BCUT2D eigenvalue weighted by Gasteiger charge is -2.07. The van der Waals surface area contributed by atoms with Crippen molar-refractivity contribution in [3.8, 4) is 0 Å². The Hall–Kier alpha value is -0.990. The van der Waals surface area contributed by atoms with E-state index in [-0.39, 0.29) is 22.9 Å². The fourth-order valence-corrected chi connectivity index (χ4v) is 2.98. The Morgan fingerprint density at radius 1 is 1.44 bits per heavy atom. The smallest absolute Gasteiger partial charge is 0.240 e. The summed E-state index contributed by atoms with van der Waals surface area (Å²) in [5, 5.41) is 0. The molecule has 0 bridgehead atoms. The molecule has 0 spiro atoms. The van der Waals surface area contributed by atoms with Gasteiger partial charge in [0.25, 0.3) is 0 Å². The Labute approximate surface area is 108 Å². The van der Waals surface area contributed by atoms with Crippen molar-refractivity contribution in [2.45, 2.75) is 11.8 Å². The molecule has 0 radical (unpaired) electrons. The number of hydrogen-bond donors (Lipinski definition) is 2. The van der Waals surface area contributed by atoms with Gasteiger partial charge in [0, 0.05) is 28.9 Å². The molecule has 5 nitrogen and oxygen atoms in total. The molecule has 1 rings (SSSR count). The summed E-state index contributed by atoms with van der Waals surface area (Å²) < 4.78 is 50.0. The van der Waals surface area contributed by atoms with E-state index in [0.29, 0.717) is 5.75 Å². The van der Waals surface area contributed by atoms with Gasteiger partial charge in [0.1, 0.15) is 5.82 Å². The quantitative estimate of drug-likeness (QED) is 0.746. The summed E-state index contributed by atoms with van der Waals surface area (Å²) in [5.41, 5.74) is 5.15. The van der Waals surface area contributed by atoms with Gasteiger partial charge in [-0.2, -0.15) is 0 Å². The number of nitrogen functional groups attached to an aromatic ring is 1. The number of rotatable bonds is 6. The fourth-order valence-electron chi connectivity index (χ4n) is 1.19. The zero-order valence-corrected chi connectivity index (χ0v) is 11.5. The highest BCUT2D eigenvalue weighted by Crippen LogP contribution is 2.15. The third-order valence-corrected chi connectivity index (χ3v) is 4.99. The van der Waals surface area contributed by atoms with Crippen LogP contribution in [0.1, 0.15) is 6.92 Å². The summed E-state index contributed by atoms with van der Waals surface area (Å²) in [7, 11) is -4.83. The number of hydrogen-bond acceptors (Lipinski definition) is 4. The van der Waals surface area contributed by atoms with Crippen molar-refractivity contribution in [2.24, 2.45) is 0 Å². The van der Waals surface area contributed by atoms with E-state index in [9.17, 15) is 17.0 Å². The molecule has 0 amide bonds. The van der Waals surface area contributed by atoms with Gasteiger partial charge in [-0.1, -0.05) is 6.92 Å². The highest BCUT2D eigenvalue weighted by Gasteiger charge is 2.15. The topological polar surface area (TPSA) is 89.3 Å². The van der Waals surface area contributed by atoms with Crippen molar-refractivity contribution < 1.29 is 17.0 Å². The van der Waals surface area contributed by atoms with Crippen molar-refractivity contribution in [3.05, 3.63) is 24.0 Å². The Balaban J connectivity index is 2.74. The fraction of sp³-hybridized carbons (Fsp3) is 0.400. The third kappa shape index (κ3) is 4.04. The second kappa shape index (κ2) is 6.26. The van der Waals surface area contributed by atoms with Gasteiger partial charge >= 0.3 is 0 Å². The highest BCUT2D eigenvalue weighted by molar-refractivity contribution is 7.89. The number of anilines is 1. The summed E-state index contributed by atoms with van der Waals surface area (Å²) in [6.45, 7) is 1.80. The van der Waals surface area contributed by atoms with Gasteiger partial charge in [-0.25, -0.2) is 17.5 Å². The van der Waals surface area contributed by atoms with Crippen LogP contribution in [0.5, 0.6) is 0 Å². The lowest BCUT2D eigenvalue weighted by Crippen LogP contribution is -2.28. The number of nitrogens with one attached hydrogen (secondary N) is 1. The minimum atomic E-state index is -3.78. The summed E-state index contributed by atoms with van der Waals surface area (Å²) >= 11 is 0. The van der Waals surface area contributed by atoms with Crippen LogP contribution < -0.4 is 10.5 Å². The summed E-state index contributed by atoms with van der Waals surface area (Å²) in [4.78, 5) is -0.198. The second-order valence-electron chi connectivity index (χ2n) is 3.51. The normalized spacial score (nSPS) is 13.4. The number of benzene rings is 1. The van der Waals surface area contributed by atoms with E-state index < -0.39 is 26.6 Å². The zero-order chi connectivity index (χ0) is 13.8. The van der Waals surface area contributed by atoms with Crippen LogP contribution in [-0.2, 0) is 20.8 Å². The van der Waals surface area contributed by atoms with Crippen LogP contribution >= 0.6 is 0 Å². The Morgan fingerprint density at radius 2 is 2.11 bits per heavy atom. The van der Waals surface area contributed by atoms with E-state index in [4.69, 9.17) is 5.73 Å². The van der Waals surface area contributed by atoms with Crippen molar-refractivity contribution in [3.63, 3.8) is 0 Å². The number of sulfonamides is 1. The van der Waals surface area contributed by atoms with Crippen molar-refractivity contribution in [1.82, 2.24) is 4.72 Å². The van der Waals surface area contributed by atoms with Crippen LogP contribution in [-0.4, -0.2) is 30.7 Å². The van der Waals surface area contributed by atoms with Crippen LogP contribution in [0.4, 0.5) is 10.1 Å². The summed E-state index contributed by atoms with van der Waals surface area (Å²) in [6, 6.07) is 3.26. The van der Waals surface area contributed by atoms with E-state index in [1.807, 2.05) is 0 Å². The maximum atomic E-state index is 13.1. The van der Waals surface area contributed by atoms with E-state index in [0.717, 1.165) is 6.07 Å². The maximum Gasteiger partial charge on any atom is 0.240 e. The first-order valence-corrected chi connectivity index (χ1v) is 8.23. The first kappa shape index (κ1) is 15.1. The van der Waals surface area contributed by atoms with Gasteiger partial charge < -0.3 is 5.73 Å². The molecule has 0 aliphatic heterocycles. The molecule has 1 aromatic carbocycles. The van der Waals surface area contributed by atoms with E-state index in [1.54, 1.807) is 6.92 Å². The molecule has 8 heteroatoms. The van der Waals surface area contributed by atoms with E-state index in [2.05, 4.69) is 4.72 Å². The lowest BCUT2D eigenvalue weighted by molar-refractivity contribution is 0.580. The standard InChI is InChI=1S/C10H15FN2O3S2/c1-2-17(14)6-5-13-18(15,16)8-3-4-10(12)9(11)7-8/h3-4,7,13H,2,5-6,12H2,1H3. The van der Waals surface area contributed by atoms with Gasteiger partial charge in [-0.05, 0) is 18.2 Å². The maximum absolute atomic E-state index is 13.1. The minimum absolute atomic E-state index is 0.0504. The molecule has 1 aromatic rings. The van der Waals surface area contributed by atoms with Gasteiger partial charge in [0.2, 0.25) is 10.0 Å². The predicted molar refractivity (Wildman–Crippen MR) is 69.6 cm³/mol. The molecule has 0 aromatic heterocycles. The van der Waals surface area contributed by atoms with Crippen molar-refractivity contribution in [1.29, 1.82) is 0 Å². The minimum Gasteiger partial charge on any atom is -0.396 e. The monoisotopic (exact) mass is 294 g/mol. The third-order valence-electron chi connectivity index (χ3n) is 2.23. The Morgan fingerprint density at radius 3 is 2.67 bits per heavy atom. The summed E-state index contributed by atoms with van der Waals surface area (Å²) in [5.74, 6) is -0.0826. The first-order valence-electron chi connectivity index (χ1n) is 5.26. The van der Waals surface area contributed by atoms with Crippen LogP contribution in [0, 0.1) is 5.82 Å². The molecule has 0 heterocycles. The average Bonchev–Trinajstić information content (AvgIpc) is 2.32. The highest BCUT2D eigenvalue weighted by atomic mass is 32.2. The molecule has 0 aliphatic carbocycles. The number of nitrogens with two attached hydrogens (primary N) is 1. The van der Waals surface area contributed by atoms with Crippen LogP contribution in [0.2, 0.25) is 0 Å². The van der Waals surface area contributed by atoms with Crippen LogP contribution in [0.25, 0.3) is 0 Å². The van der Waals surface area contributed by atoms with Crippen molar-refractivity contribution >= 4 is 26.5 Å². The molecule has 3 N–H and O–H groups in total. The molecule has 0 saturated carbocycles. The van der Waals surface area contributed by atoms with Crippen LogP contribution in [0.15, 0.2) is 23.1 Å². The SMILES string of the molecule is CCS(=O)CCNS(=O)(=O)c1ccc(N)c(F)c1. The average molecular weight is 294 g/mol. The van der Waals surface area contributed by atoms with Crippen LogP contribution in [0.3, 0.4) is 0 Å². The molecule has 0 aliphatic rings. The molecule has 0 fully saturated rings. The van der Waals surface area contributed by atoms with E-state index >= 15 is 0 Å². The Kier molecular flexibility index (Phi) is 5.24. The molecular formula is C10H15FN2O3S2. The van der Waals surface area contributed by atoms with Gasteiger partial charge in [-0.3, -0.25) is 4.21 Å². The van der Waals surface area contributed by atoms with Crippen molar-refractivity contribution in [2.75, 3.05) is 23.8 Å².